The molecule has 4 heteroatoms. The quantitative estimate of drug-likeness (QED) is 0.785. The van der Waals surface area contributed by atoms with E-state index in [2.05, 4.69) is 9.97 Å². The summed E-state index contributed by atoms with van der Waals surface area (Å²) in [6.07, 6.45) is -1.73. The van der Waals surface area contributed by atoms with E-state index in [-0.39, 0.29) is 5.82 Å². The number of nitrogens with zero attached hydrogens (tertiary/aromatic N) is 1. The highest BCUT2D eigenvalue weighted by molar-refractivity contribution is 5.78. The summed E-state index contributed by atoms with van der Waals surface area (Å²) in [5.74, 6) is -0.249. The van der Waals surface area contributed by atoms with Gasteiger partial charge in [0.2, 0.25) is 0 Å². The first kappa shape index (κ1) is 9.12. The van der Waals surface area contributed by atoms with Gasteiger partial charge in [0.05, 0.1) is 11.0 Å². The lowest BCUT2D eigenvalue weighted by Crippen LogP contribution is -1.86. The van der Waals surface area contributed by atoms with Gasteiger partial charge in [0.25, 0.3) is 6.43 Å². The number of fused-ring (bicyclic) bond motifs is 1. The average molecular weight is 196 g/mol. The van der Waals surface area contributed by atoms with Crippen molar-refractivity contribution < 1.29 is 8.78 Å². The van der Waals surface area contributed by atoms with Gasteiger partial charge in [-0.15, -0.1) is 0 Å². The summed E-state index contributed by atoms with van der Waals surface area (Å²) >= 11 is 0. The standard InChI is InChI=1S/C10H10F2N2/c1-2-6-4-3-5-7-8(6)14-10(13-7)9(11)12/h3-5,9H,2H2,1H3,(H,13,14). The number of benzene rings is 1. The summed E-state index contributed by atoms with van der Waals surface area (Å²) < 4.78 is 24.7. The van der Waals surface area contributed by atoms with Crippen LogP contribution in [0.5, 0.6) is 0 Å². The lowest BCUT2D eigenvalue weighted by Gasteiger charge is -1.96. The predicted octanol–water partition coefficient (Wildman–Crippen LogP) is 3.06. The topological polar surface area (TPSA) is 28.7 Å². The number of aryl methyl sites for hydroxylation is 1. The molecule has 2 aromatic rings. The third-order valence-electron chi connectivity index (χ3n) is 2.21. The van der Waals surface area contributed by atoms with Crippen LogP contribution in [0.15, 0.2) is 18.2 Å². The molecule has 0 spiro atoms. The summed E-state index contributed by atoms with van der Waals surface area (Å²) in [4.78, 5) is 6.47. The highest BCUT2D eigenvalue weighted by atomic mass is 19.3. The minimum Gasteiger partial charge on any atom is -0.337 e. The van der Waals surface area contributed by atoms with Crippen LogP contribution in [0, 0.1) is 0 Å². The molecule has 0 saturated carbocycles. The maximum absolute atomic E-state index is 12.3. The lowest BCUT2D eigenvalue weighted by atomic mass is 10.1. The monoisotopic (exact) mass is 196 g/mol. The number of nitrogens with one attached hydrogen (secondary N) is 1. The van der Waals surface area contributed by atoms with Crippen molar-refractivity contribution in [1.82, 2.24) is 9.97 Å². The van der Waals surface area contributed by atoms with Crippen LogP contribution in [0.1, 0.15) is 24.7 Å². The summed E-state index contributed by atoms with van der Waals surface area (Å²) in [5, 5.41) is 0. The van der Waals surface area contributed by atoms with Crippen LogP contribution >= 0.6 is 0 Å². The molecule has 0 fully saturated rings. The minimum absolute atomic E-state index is 0.249. The smallest absolute Gasteiger partial charge is 0.295 e. The molecule has 0 aliphatic heterocycles. The third kappa shape index (κ3) is 1.36. The Morgan fingerprint density at radius 2 is 2.21 bits per heavy atom. The van der Waals surface area contributed by atoms with Gasteiger partial charge < -0.3 is 4.98 Å². The molecule has 0 unspecified atom stereocenters. The van der Waals surface area contributed by atoms with Crippen LogP contribution in [0.2, 0.25) is 0 Å². The first-order valence-electron chi connectivity index (χ1n) is 4.48. The molecule has 1 N–H and O–H groups in total. The fourth-order valence-electron chi connectivity index (χ4n) is 1.51. The van der Waals surface area contributed by atoms with E-state index in [0.29, 0.717) is 5.52 Å². The van der Waals surface area contributed by atoms with Gasteiger partial charge in [0, 0.05) is 0 Å². The maximum atomic E-state index is 12.3. The molecule has 1 heterocycles. The van der Waals surface area contributed by atoms with Gasteiger partial charge in [0.1, 0.15) is 0 Å². The number of imidazole rings is 1. The average Bonchev–Trinajstić information content (AvgIpc) is 2.60. The molecule has 0 bridgehead atoms. The SMILES string of the molecule is CCc1cccc2nc(C(F)F)[nH]c12. The Labute approximate surface area is 80.0 Å². The number of hydrogen-bond donors (Lipinski definition) is 1. The number of aromatic amines is 1. The Kier molecular flexibility index (Phi) is 2.19. The van der Waals surface area contributed by atoms with E-state index >= 15 is 0 Å². The zero-order valence-electron chi connectivity index (χ0n) is 7.72. The number of H-pyrrole nitrogens is 1. The second-order valence-corrected chi connectivity index (χ2v) is 3.09. The molecule has 2 nitrogen and oxygen atoms in total. The van der Waals surface area contributed by atoms with Crippen molar-refractivity contribution in [3.05, 3.63) is 29.6 Å². The van der Waals surface area contributed by atoms with Gasteiger partial charge in [-0.1, -0.05) is 19.1 Å². The molecule has 0 saturated heterocycles. The van der Waals surface area contributed by atoms with E-state index in [4.69, 9.17) is 0 Å². The van der Waals surface area contributed by atoms with Crippen molar-refractivity contribution in [2.45, 2.75) is 19.8 Å². The predicted molar refractivity (Wildman–Crippen MR) is 50.4 cm³/mol. The molecule has 1 aromatic carbocycles. The molecule has 0 radical (unpaired) electrons. The van der Waals surface area contributed by atoms with Gasteiger partial charge in [-0.2, -0.15) is 0 Å². The zero-order chi connectivity index (χ0) is 10.1. The fraction of sp³-hybridized carbons (Fsp3) is 0.300. The van der Waals surface area contributed by atoms with E-state index in [9.17, 15) is 8.78 Å². The van der Waals surface area contributed by atoms with Crippen LogP contribution in [0.3, 0.4) is 0 Å². The molecule has 0 atom stereocenters. The van der Waals surface area contributed by atoms with Crippen LogP contribution in [0.25, 0.3) is 11.0 Å². The zero-order valence-corrected chi connectivity index (χ0v) is 7.72. The van der Waals surface area contributed by atoms with Gasteiger partial charge >= 0.3 is 0 Å². The fourth-order valence-corrected chi connectivity index (χ4v) is 1.51. The Hall–Kier alpha value is -1.45. The largest absolute Gasteiger partial charge is 0.337 e. The van der Waals surface area contributed by atoms with Crippen LogP contribution in [-0.4, -0.2) is 9.97 Å². The van der Waals surface area contributed by atoms with Crippen molar-refractivity contribution in [3.8, 4) is 0 Å². The highest BCUT2D eigenvalue weighted by Gasteiger charge is 2.13. The highest BCUT2D eigenvalue weighted by Crippen LogP contribution is 2.22. The lowest BCUT2D eigenvalue weighted by molar-refractivity contribution is 0.142. The van der Waals surface area contributed by atoms with Gasteiger partial charge in [0.15, 0.2) is 5.82 Å². The normalized spacial score (nSPS) is 11.4. The Balaban J connectivity index is 2.64. The molecule has 0 aliphatic carbocycles. The van der Waals surface area contributed by atoms with E-state index in [1.165, 1.54) is 0 Å². The van der Waals surface area contributed by atoms with E-state index in [1.54, 1.807) is 6.07 Å². The number of alkyl halides is 2. The summed E-state index contributed by atoms with van der Waals surface area (Å²) in [6.45, 7) is 1.98. The van der Waals surface area contributed by atoms with Crippen molar-refractivity contribution >= 4 is 11.0 Å². The first-order valence-corrected chi connectivity index (χ1v) is 4.48. The molecule has 1 aromatic heterocycles. The second kappa shape index (κ2) is 3.36. The summed E-state index contributed by atoms with van der Waals surface area (Å²) in [6, 6.07) is 5.48. The van der Waals surface area contributed by atoms with Crippen LogP contribution in [-0.2, 0) is 6.42 Å². The van der Waals surface area contributed by atoms with Gasteiger partial charge in [-0.05, 0) is 18.1 Å². The summed E-state index contributed by atoms with van der Waals surface area (Å²) in [5.41, 5.74) is 2.35. The molecular weight excluding hydrogens is 186 g/mol. The van der Waals surface area contributed by atoms with Gasteiger partial charge in [-0.25, -0.2) is 13.8 Å². The Morgan fingerprint density at radius 1 is 1.43 bits per heavy atom. The molecule has 0 amide bonds. The number of aromatic nitrogens is 2. The molecule has 74 valence electrons. The van der Waals surface area contributed by atoms with Crippen molar-refractivity contribution in [1.29, 1.82) is 0 Å². The van der Waals surface area contributed by atoms with E-state index < -0.39 is 6.43 Å². The number of para-hydroxylation sites is 1. The van der Waals surface area contributed by atoms with Crippen LogP contribution in [0.4, 0.5) is 8.78 Å². The number of halogens is 2. The van der Waals surface area contributed by atoms with Crippen LogP contribution < -0.4 is 0 Å². The molecule has 14 heavy (non-hydrogen) atoms. The third-order valence-corrected chi connectivity index (χ3v) is 2.21. The van der Waals surface area contributed by atoms with Crippen molar-refractivity contribution in [2.24, 2.45) is 0 Å². The summed E-state index contributed by atoms with van der Waals surface area (Å²) in [7, 11) is 0. The van der Waals surface area contributed by atoms with Gasteiger partial charge in [-0.3, -0.25) is 0 Å². The van der Waals surface area contributed by atoms with Crippen molar-refractivity contribution in [2.75, 3.05) is 0 Å². The minimum atomic E-state index is -2.54. The Bertz CT molecular complexity index is 448. The van der Waals surface area contributed by atoms with E-state index in [0.717, 1.165) is 17.5 Å². The van der Waals surface area contributed by atoms with Crippen molar-refractivity contribution in [3.63, 3.8) is 0 Å². The first-order chi connectivity index (χ1) is 6.72. The molecular formula is C10H10F2N2. The molecule has 2 rings (SSSR count). The number of rotatable bonds is 2. The molecule has 0 aliphatic rings. The number of hydrogen-bond acceptors (Lipinski definition) is 1. The maximum Gasteiger partial charge on any atom is 0.295 e. The Morgan fingerprint density at radius 3 is 2.86 bits per heavy atom. The second-order valence-electron chi connectivity index (χ2n) is 3.09. The van der Waals surface area contributed by atoms with E-state index in [1.807, 2.05) is 19.1 Å².